The minimum absolute atomic E-state index is 0.127. The van der Waals surface area contributed by atoms with Gasteiger partial charge in [0.05, 0.1) is 0 Å². The Morgan fingerprint density at radius 3 is 2.91 bits per heavy atom. The minimum Gasteiger partial charge on any atom is -0.312 e. The number of amides is 1. The van der Waals surface area contributed by atoms with Crippen molar-refractivity contribution in [2.45, 2.75) is 25.7 Å². The van der Waals surface area contributed by atoms with Crippen LogP contribution in [0.1, 0.15) is 30.4 Å². The second-order valence-electron chi connectivity index (χ2n) is 6.62. The van der Waals surface area contributed by atoms with Gasteiger partial charge in [-0.25, -0.2) is 0 Å². The number of pyridine rings is 1. The second kappa shape index (κ2) is 5.24. The van der Waals surface area contributed by atoms with E-state index < -0.39 is 0 Å². The smallest absolute Gasteiger partial charge is 0.230 e. The second-order valence-corrected chi connectivity index (χ2v) is 6.62. The zero-order valence-corrected chi connectivity index (χ0v) is 12.8. The maximum atomic E-state index is 13.0. The Hall–Kier alpha value is -2.16. The van der Waals surface area contributed by atoms with Crippen molar-refractivity contribution < 1.29 is 4.79 Å². The van der Waals surface area contributed by atoms with Gasteiger partial charge in [0.15, 0.2) is 0 Å². The Morgan fingerprint density at radius 2 is 2.09 bits per heavy atom. The van der Waals surface area contributed by atoms with Crippen LogP contribution in [0.5, 0.6) is 0 Å². The van der Waals surface area contributed by atoms with Gasteiger partial charge >= 0.3 is 0 Å². The van der Waals surface area contributed by atoms with Gasteiger partial charge in [0.2, 0.25) is 5.91 Å². The lowest BCUT2D eigenvalue weighted by atomic mass is 9.93. The van der Waals surface area contributed by atoms with Gasteiger partial charge in [-0.1, -0.05) is 31.2 Å². The van der Waals surface area contributed by atoms with Crippen molar-refractivity contribution >= 4 is 11.6 Å². The van der Waals surface area contributed by atoms with E-state index in [2.05, 4.69) is 36.2 Å². The van der Waals surface area contributed by atoms with E-state index in [9.17, 15) is 4.79 Å². The number of hydrogen-bond acceptors (Lipinski definition) is 2. The average molecular weight is 292 g/mol. The van der Waals surface area contributed by atoms with Crippen LogP contribution < -0.4 is 4.90 Å². The first-order valence-electron chi connectivity index (χ1n) is 8.03. The molecule has 1 aromatic carbocycles. The van der Waals surface area contributed by atoms with E-state index >= 15 is 0 Å². The maximum absolute atomic E-state index is 13.0. The molecule has 0 saturated heterocycles. The van der Waals surface area contributed by atoms with E-state index in [4.69, 9.17) is 0 Å². The number of benzene rings is 1. The molecule has 0 bridgehead atoms. The van der Waals surface area contributed by atoms with Crippen LogP contribution >= 0.6 is 0 Å². The summed E-state index contributed by atoms with van der Waals surface area (Å²) in [5.41, 5.74) is 3.61. The SMILES string of the molecule is C[C@@H]1Cc2ccccc2N(C(=O)[C@@H]2C[C@@H]2c2cccnc2)C1. The number of aromatic nitrogens is 1. The lowest BCUT2D eigenvalue weighted by Gasteiger charge is -2.33. The third-order valence-electron chi connectivity index (χ3n) is 4.83. The van der Waals surface area contributed by atoms with Crippen molar-refractivity contribution in [3.63, 3.8) is 0 Å². The summed E-state index contributed by atoms with van der Waals surface area (Å²) in [5.74, 6) is 1.29. The Labute approximate surface area is 131 Å². The molecule has 1 aromatic heterocycles. The molecule has 0 unspecified atom stereocenters. The molecule has 3 atom stereocenters. The molecule has 3 heteroatoms. The first-order valence-corrected chi connectivity index (χ1v) is 8.03. The molecule has 0 radical (unpaired) electrons. The monoisotopic (exact) mass is 292 g/mol. The molecule has 112 valence electrons. The van der Waals surface area contributed by atoms with Gasteiger partial charge in [-0.3, -0.25) is 9.78 Å². The van der Waals surface area contributed by atoms with Crippen LogP contribution in [0.15, 0.2) is 48.8 Å². The fourth-order valence-corrected chi connectivity index (χ4v) is 3.64. The number of anilines is 1. The topological polar surface area (TPSA) is 33.2 Å². The van der Waals surface area contributed by atoms with E-state index in [0.29, 0.717) is 11.8 Å². The van der Waals surface area contributed by atoms with E-state index in [0.717, 1.165) is 25.1 Å². The normalized spacial score (nSPS) is 26.4. The van der Waals surface area contributed by atoms with Crippen molar-refractivity contribution in [1.29, 1.82) is 0 Å². The molecule has 2 aromatic rings. The zero-order valence-electron chi connectivity index (χ0n) is 12.8. The van der Waals surface area contributed by atoms with E-state index in [1.54, 1.807) is 6.20 Å². The third kappa shape index (κ3) is 2.31. The molecule has 0 N–H and O–H groups in total. The molecular formula is C19H20N2O. The fourth-order valence-electron chi connectivity index (χ4n) is 3.64. The highest BCUT2D eigenvalue weighted by atomic mass is 16.2. The number of nitrogens with zero attached hydrogens (tertiary/aromatic N) is 2. The molecule has 2 heterocycles. The zero-order chi connectivity index (χ0) is 15.1. The number of para-hydroxylation sites is 1. The summed E-state index contributed by atoms with van der Waals surface area (Å²) >= 11 is 0. The summed E-state index contributed by atoms with van der Waals surface area (Å²) in [4.78, 5) is 19.2. The lowest BCUT2D eigenvalue weighted by Crippen LogP contribution is -2.40. The molecule has 3 nitrogen and oxygen atoms in total. The largest absolute Gasteiger partial charge is 0.312 e. The highest BCUT2D eigenvalue weighted by Crippen LogP contribution is 2.49. The summed E-state index contributed by atoms with van der Waals surface area (Å²) in [6, 6.07) is 12.4. The van der Waals surface area contributed by atoms with Crippen LogP contribution in [-0.4, -0.2) is 17.4 Å². The fraction of sp³-hybridized carbons (Fsp3) is 0.368. The van der Waals surface area contributed by atoms with Gasteiger partial charge in [-0.2, -0.15) is 0 Å². The first kappa shape index (κ1) is 13.5. The molecule has 22 heavy (non-hydrogen) atoms. The molecule has 1 aliphatic carbocycles. The Bertz CT molecular complexity index is 698. The highest BCUT2D eigenvalue weighted by Gasteiger charge is 2.47. The number of rotatable bonds is 2. The van der Waals surface area contributed by atoms with Crippen molar-refractivity contribution in [2.75, 3.05) is 11.4 Å². The quantitative estimate of drug-likeness (QED) is 0.850. The van der Waals surface area contributed by atoms with Crippen LogP contribution in [0.2, 0.25) is 0 Å². The number of carbonyl (C=O) groups is 1. The standard InChI is InChI=1S/C19H20N2O/c1-13-9-14-5-2-3-7-18(14)21(12-13)19(22)17-10-16(17)15-6-4-8-20-11-15/h2-8,11,13,16-17H,9-10,12H2,1H3/t13-,16-,17-/m1/s1. The lowest BCUT2D eigenvalue weighted by molar-refractivity contribution is -0.120. The molecule has 0 spiro atoms. The average Bonchev–Trinajstić information content (AvgIpc) is 3.35. The Morgan fingerprint density at radius 1 is 1.23 bits per heavy atom. The van der Waals surface area contributed by atoms with Gasteiger partial charge in [0.25, 0.3) is 0 Å². The molecule has 1 amide bonds. The van der Waals surface area contributed by atoms with Crippen LogP contribution in [0.3, 0.4) is 0 Å². The molecule has 1 aliphatic heterocycles. The maximum Gasteiger partial charge on any atom is 0.230 e. The minimum atomic E-state index is 0.127. The van der Waals surface area contributed by atoms with Crippen LogP contribution in [0.4, 0.5) is 5.69 Å². The van der Waals surface area contributed by atoms with Crippen LogP contribution in [0.25, 0.3) is 0 Å². The van der Waals surface area contributed by atoms with Crippen molar-refractivity contribution in [2.24, 2.45) is 11.8 Å². The summed E-state index contributed by atoms with van der Waals surface area (Å²) in [7, 11) is 0. The molecule has 1 fully saturated rings. The van der Waals surface area contributed by atoms with Crippen molar-refractivity contribution in [3.05, 3.63) is 59.9 Å². The predicted molar refractivity (Wildman–Crippen MR) is 86.7 cm³/mol. The van der Waals surface area contributed by atoms with Gasteiger partial charge in [0, 0.05) is 30.5 Å². The van der Waals surface area contributed by atoms with Gasteiger partial charge < -0.3 is 4.90 Å². The van der Waals surface area contributed by atoms with Crippen LogP contribution in [0, 0.1) is 11.8 Å². The molecular weight excluding hydrogens is 272 g/mol. The Kier molecular flexibility index (Phi) is 3.21. The highest BCUT2D eigenvalue weighted by molar-refractivity contribution is 5.98. The van der Waals surface area contributed by atoms with Gasteiger partial charge in [0.1, 0.15) is 0 Å². The number of hydrogen-bond donors (Lipinski definition) is 0. The third-order valence-corrected chi connectivity index (χ3v) is 4.83. The van der Waals surface area contributed by atoms with E-state index in [-0.39, 0.29) is 11.8 Å². The van der Waals surface area contributed by atoms with E-state index in [1.807, 2.05) is 23.2 Å². The summed E-state index contributed by atoms with van der Waals surface area (Å²) < 4.78 is 0. The van der Waals surface area contributed by atoms with Crippen LogP contribution in [-0.2, 0) is 11.2 Å². The molecule has 4 rings (SSSR count). The summed E-state index contributed by atoms with van der Waals surface area (Å²) in [5, 5.41) is 0. The predicted octanol–water partition coefficient (Wildman–Crippen LogP) is 3.41. The number of fused-ring (bicyclic) bond motifs is 1. The number of carbonyl (C=O) groups excluding carboxylic acids is 1. The summed E-state index contributed by atoms with van der Waals surface area (Å²) in [6.45, 7) is 3.06. The first-order chi connectivity index (χ1) is 10.7. The Balaban J connectivity index is 1.57. The van der Waals surface area contributed by atoms with Crippen molar-refractivity contribution in [1.82, 2.24) is 4.98 Å². The van der Waals surface area contributed by atoms with E-state index in [1.165, 1.54) is 11.1 Å². The molecule has 1 saturated carbocycles. The molecule has 2 aliphatic rings. The summed E-state index contributed by atoms with van der Waals surface area (Å²) in [6.07, 6.45) is 5.70. The van der Waals surface area contributed by atoms with Gasteiger partial charge in [-0.15, -0.1) is 0 Å². The van der Waals surface area contributed by atoms with Gasteiger partial charge in [-0.05, 0) is 47.9 Å². The van der Waals surface area contributed by atoms with Crippen molar-refractivity contribution in [3.8, 4) is 0 Å².